The lowest BCUT2D eigenvalue weighted by Gasteiger charge is -2.22. The van der Waals surface area contributed by atoms with Crippen molar-refractivity contribution in [2.45, 2.75) is 57.7 Å². The van der Waals surface area contributed by atoms with E-state index in [0.717, 1.165) is 25.7 Å². The molecule has 0 bridgehead atoms. The van der Waals surface area contributed by atoms with Gasteiger partial charge in [-0.05, 0) is 41.7 Å². The van der Waals surface area contributed by atoms with Gasteiger partial charge in [0.2, 0.25) is 11.8 Å². The van der Waals surface area contributed by atoms with E-state index in [-0.39, 0.29) is 23.9 Å². The molecule has 2 fully saturated rings. The molecule has 1 aliphatic carbocycles. The molecule has 1 aromatic rings. The Morgan fingerprint density at radius 1 is 1.30 bits per heavy atom. The highest BCUT2D eigenvalue weighted by atomic mass is 32.1. The minimum Gasteiger partial charge on any atom is -0.301 e. The summed E-state index contributed by atoms with van der Waals surface area (Å²) in [6, 6.07) is -0.174. The molecule has 108 valence electrons. The predicted octanol–water partition coefficient (Wildman–Crippen LogP) is 2.22. The maximum atomic E-state index is 12.4. The number of thiophene rings is 1. The Hall–Kier alpha value is -1.20. The molecule has 20 heavy (non-hydrogen) atoms. The molecule has 1 aromatic heterocycles. The normalized spacial score (nSPS) is 24.1. The first kappa shape index (κ1) is 13.8. The Morgan fingerprint density at radius 2 is 2.05 bits per heavy atom. The molecule has 1 N–H and O–H groups in total. The van der Waals surface area contributed by atoms with Crippen LogP contribution in [0.15, 0.2) is 10.8 Å². The van der Waals surface area contributed by atoms with Crippen molar-refractivity contribution in [3.63, 3.8) is 0 Å². The molecule has 1 saturated heterocycles. The Balaban J connectivity index is 1.62. The summed E-state index contributed by atoms with van der Waals surface area (Å²) in [7, 11) is 0. The van der Waals surface area contributed by atoms with Crippen molar-refractivity contribution in [2.24, 2.45) is 0 Å². The van der Waals surface area contributed by atoms with Crippen LogP contribution in [0.5, 0.6) is 0 Å². The van der Waals surface area contributed by atoms with E-state index in [9.17, 15) is 9.59 Å². The molecule has 1 atom stereocenters. The van der Waals surface area contributed by atoms with E-state index in [0.29, 0.717) is 13.0 Å². The average molecular weight is 292 g/mol. The van der Waals surface area contributed by atoms with Gasteiger partial charge in [0.05, 0.1) is 12.5 Å². The van der Waals surface area contributed by atoms with Gasteiger partial charge < -0.3 is 5.32 Å². The SMILES string of the molecule is Cc1cscc1CNC1CC(=O)N(C2CCCC2)C1=O. The van der Waals surface area contributed by atoms with E-state index in [1.807, 2.05) is 0 Å². The van der Waals surface area contributed by atoms with Crippen molar-refractivity contribution < 1.29 is 9.59 Å². The maximum absolute atomic E-state index is 12.4. The topological polar surface area (TPSA) is 49.4 Å². The Kier molecular flexibility index (Phi) is 3.89. The van der Waals surface area contributed by atoms with Gasteiger partial charge in [0.15, 0.2) is 0 Å². The standard InChI is InChI=1S/C15H20N2O2S/c1-10-8-20-9-11(10)7-16-13-6-14(18)17(15(13)19)12-4-2-3-5-12/h8-9,12-13,16H,2-7H2,1H3. The first-order chi connectivity index (χ1) is 9.66. The quantitative estimate of drug-likeness (QED) is 0.866. The van der Waals surface area contributed by atoms with Gasteiger partial charge in [-0.3, -0.25) is 14.5 Å². The summed E-state index contributed by atoms with van der Waals surface area (Å²) in [4.78, 5) is 26.0. The highest BCUT2D eigenvalue weighted by molar-refractivity contribution is 7.08. The minimum atomic E-state index is -0.331. The summed E-state index contributed by atoms with van der Waals surface area (Å²) in [5.74, 6) is -0.0174. The molecule has 5 heteroatoms. The van der Waals surface area contributed by atoms with Crippen molar-refractivity contribution >= 4 is 23.2 Å². The van der Waals surface area contributed by atoms with Gasteiger partial charge in [0.1, 0.15) is 0 Å². The molecule has 2 heterocycles. The molecule has 1 unspecified atom stereocenters. The van der Waals surface area contributed by atoms with E-state index in [1.54, 1.807) is 11.3 Å². The van der Waals surface area contributed by atoms with Gasteiger partial charge in [-0.15, -0.1) is 0 Å². The van der Waals surface area contributed by atoms with Crippen LogP contribution in [-0.2, 0) is 16.1 Å². The highest BCUT2D eigenvalue weighted by Crippen LogP contribution is 2.28. The van der Waals surface area contributed by atoms with Crippen molar-refractivity contribution in [1.29, 1.82) is 0 Å². The van der Waals surface area contributed by atoms with E-state index in [4.69, 9.17) is 0 Å². The molecule has 0 spiro atoms. The van der Waals surface area contributed by atoms with Crippen LogP contribution in [0, 0.1) is 6.92 Å². The third-order valence-corrected chi connectivity index (χ3v) is 5.28. The zero-order chi connectivity index (χ0) is 14.1. The third kappa shape index (κ3) is 2.52. The predicted molar refractivity (Wildman–Crippen MR) is 78.4 cm³/mol. The number of hydrogen-bond donors (Lipinski definition) is 1. The second-order valence-corrected chi connectivity index (χ2v) is 6.50. The first-order valence-corrected chi connectivity index (χ1v) is 8.22. The lowest BCUT2D eigenvalue weighted by atomic mass is 10.2. The van der Waals surface area contributed by atoms with E-state index >= 15 is 0 Å². The molecule has 2 amide bonds. The second kappa shape index (κ2) is 5.66. The fourth-order valence-corrected chi connectivity index (χ4v) is 4.01. The van der Waals surface area contributed by atoms with Crippen LogP contribution in [0.4, 0.5) is 0 Å². The van der Waals surface area contributed by atoms with Crippen LogP contribution < -0.4 is 5.32 Å². The zero-order valence-corrected chi connectivity index (χ0v) is 12.5. The van der Waals surface area contributed by atoms with Crippen molar-refractivity contribution in [3.05, 3.63) is 21.9 Å². The number of rotatable bonds is 4. The summed E-state index contributed by atoms with van der Waals surface area (Å²) in [5, 5.41) is 7.45. The van der Waals surface area contributed by atoms with Gasteiger partial charge in [-0.25, -0.2) is 0 Å². The van der Waals surface area contributed by atoms with Crippen LogP contribution in [0.25, 0.3) is 0 Å². The fourth-order valence-electron chi connectivity index (χ4n) is 3.16. The number of carbonyl (C=O) groups is 2. The molecule has 0 aromatic carbocycles. The number of nitrogens with zero attached hydrogens (tertiary/aromatic N) is 1. The van der Waals surface area contributed by atoms with Crippen LogP contribution >= 0.6 is 11.3 Å². The van der Waals surface area contributed by atoms with Crippen LogP contribution in [0.2, 0.25) is 0 Å². The largest absolute Gasteiger partial charge is 0.301 e. The number of hydrogen-bond acceptors (Lipinski definition) is 4. The molecule has 0 radical (unpaired) electrons. The average Bonchev–Trinajstić information content (AvgIpc) is 3.10. The van der Waals surface area contributed by atoms with Gasteiger partial charge in [-0.1, -0.05) is 12.8 Å². The smallest absolute Gasteiger partial charge is 0.247 e. The molecular formula is C15H20N2O2S. The monoisotopic (exact) mass is 292 g/mol. The molecule has 3 rings (SSSR count). The lowest BCUT2D eigenvalue weighted by molar-refractivity contribution is -0.141. The number of likely N-dealkylation sites (tertiary alicyclic amines) is 1. The Morgan fingerprint density at radius 3 is 2.70 bits per heavy atom. The number of aryl methyl sites for hydroxylation is 1. The van der Waals surface area contributed by atoms with Crippen LogP contribution in [-0.4, -0.2) is 28.8 Å². The fraction of sp³-hybridized carbons (Fsp3) is 0.600. The zero-order valence-electron chi connectivity index (χ0n) is 11.7. The summed E-state index contributed by atoms with van der Waals surface area (Å²) < 4.78 is 0. The minimum absolute atomic E-state index is 0.00133. The number of amides is 2. The third-order valence-electron chi connectivity index (χ3n) is 4.37. The van der Waals surface area contributed by atoms with Gasteiger partial charge in [-0.2, -0.15) is 11.3 Å². The summed E-state index contributed by atoms with van der Waals surface area (Å²) in [6.45, 7) is 2.73. The number of nitrogens with one attached hydrogen (secondary N) is 1. The van der Waals surface area contributed by atoms with Gasteiger partial charge in [0, 0.05) is 12.6 Å². The lowest BCUT2D eigenvalue weighted by Crippen LogP contribution is -2.42. The summed E-state index contributed by atoms with van der Waals surface area (Å²) in [6.07, 6.45) is 4.54. The highest BCUT2D eigenvalue weighted by Gasteiger charge is 2.42. The molecule has 1 saturated carbocycles. The van der Waals surface area contributed by atoms with E-state index in [1.165, 1.54) is 16.0 Å². The van der Waals surface area contributed by atoms with E-state index in [2.05, 4.69) is 23.0 Å². The van der Waals surface area contributed by atoms with Crippen LogP contribution in [0.1, 0.15) is 43.2 Å². The maximum Gasteiger partial charge on any atom is 0.247 e. The molecule has 4 nitrogen and oxygen atoms in total. The number of carbonyl (C=O) groups excluding carboxylic acids is 2. The first-order valence-electron chi connectivity index (χ1n) is 7.28. The number of imide groups is 1. The van der Waals surface area contributed by atoms with Crippen LogP contribution in [0.3, 0.4) is 0 Å². The van der Waals surface area contributed by atoms with Crippen molar-refractivity contribution in [1.82, 2.24) is 10.2 Å². The Bertz CT molecular complexity index is 520. The van der Waals surface area contributed by atoms with Crippen molar-refractivity contribution in [2.75, 3.05) is 0 Å². The second-order valence-electron chi connectivity index (χ2n) is 5.76. The summed E-state index contributed by atoms with van der Waals surface area (Å²) in [5.41, 5.74) is 2.46. The van der Waals surface area contributed by atoms with Gasteiger partial charge in [0.25, 0.3) is 0 Å². The summed E-state index contributed by atoms with van der Waals surface area (Å²) >= 11 is 1.67. The Labute approximate surface area is 123 Å². The molecule has 2 aliphatic rings. The van der Waals surface area contributed by atoms with E-state index < -0.39 is 0 Å². The molecule has 1 aliphatic heterocycles. The van der Waals surface area contributed by atoms with Gasteiger partial charge >= 0.3 is 0 Å². The molecular weight excluding hydrogens is 272 g/mol. The van der Waals surface area contributed by atoms with Crippen molar-refractivity contribution in [3.8, 4) is 0 Å².